The molecule has 0 saturated carbocycles. The summed E-state index contributed by atoms with van der Waals surface area (Å²) in [5.74, 6) is 1.95. The Morgan fingerprint density at radius 2 is 2.05 bits per heavy atom. The molecule has 0 radical (unpaired) electrons. The molecule has 1 amide bonds. The van der Waals surface area contributed by atoms with Gasteiger partial charge in [0.2, 0.25) is 5.91 Å². The lowest BCUT2D eigenvalue weighted by atomic mass is 10.1. The van der Waals surface area contributed by atoms with Crippen LogP contribution in [0.2, 0.25) is 0 Å². The summed E-state index contributed by atoms with van der Waals surface area (Å²) in [4.78, 5) is 23.4. The molecule has 6 heteroatoms. The van der Waals surface area contributed by atoms with Gasteiger partial charge in [-0.15, -0.1) is 0 Å². The first-order chi connectivity index (χ1) is 10.6. The van der Waals surface area contributed by atoms with Crippen LogP contribution in [0.3, 0.4) is 0 Å². The van der Waals surface area contributed by atoms with E-state index in [0.29, 0.717) is 0 Å². The van der Waals surface area contributed by atoms with Crippen molar-refractivity contribution in [3.8, 4) is 0 Å². The zero-order valence-electron chi connectivity index (χ0n) is 13.3. The molecule has 2 aliphatic heterocycles. The molecule has 6 nitrogen and oxygen atoms in total. The molecular weight excluding hydrogens is 280 g/mol. The molecule has 0 spiro atoms. The number of carbonyl (C=O) groups excluding carboxylic acids is 1. The van der Waals surface area contributed by atoms with E-state index in [1.165, 1.54) is 0 Å². The van der Waals surface area contributed by atoms with Crippen LogP contribution < -0.4 is 10.2 Å². The number of hydrogen-bond donors (Lipinski definition) is 1. The minimum Gasteiger partial charge on any atom is -0.381 e. The SMILES string of the molecule is Cc1cc(N2CCC(C(=O)NC3CCOCC3)C2)nc(C)n1. The highest BCUT2D eigenvalue weighted by atomic mass is 16.5. The van der Waals surface area contributed by atoms with Crippen LogP contribution in [-0.4, -0.2) is 48.2 Å². The highest BCUT2D eigenvalue weighted by Crippen LogP contribution is 2.23. The van der Waals surface area contributed by atoms with Gasteiger partial charge in [0.15, 0.2) is 0 Å². The van der Waals surface area contributed by atoms with E-state index in [-0.39, 0.29) is 17.9 Å². The lowest BCUT2D eigenvalue weighted by Crippen LogP contribution is -2.42. The van der Waals surface area contributed by atoms with E-state index < -0.39 is 0 Å². The molecule has 2 saturated heterocycles. The van der Waals surface area contributed by atoms with Gasteiger partial charge in [-0.2, -0.15) is 0 Å². The molecule has 2 fully saturated rings. The molecule has 120 valence electrons. The summed E-state index contributed by atoms with van der Waals surface area (Å²) >= 11 is 0. The standard InChI is InChI=1S/C16H24N4O2/c1-11-9-15(18-12(2)17-11)20-6-3-13(10-20)16(21)19-14-4-7-22-8-5-14/h9,13-14H,3-8,10H2,1-2H3,(H,19,21). The smallest absolute Gasteiger partial charge is 0.225 e. The van der Waals surface area contributed by atoms with Gasteiger partial charge in [0, 0.05) is 44.1 Å². The zero-order valence-corrected chi connectivity index (χ0v) is 13.3. The highest BCUT2D eigenvalue weighted by Gasteiger charge is 2.30. The van der Waals surface area contributed by atoms with E-state index in [1.54, 1.807) is 0 Å². The molecule has 2 aliphatic rings. The van der Waals surface area contributed by atoms with Crippen LogP contribution in [0.25, 0.3) is 0 Å². The van der Waals surface area contributed by atoms with Crippen molar-refractivity contribution in [3.63, 3.8) is 0 Å². The lowest BCUT2D eigenvalue weighted by Gasteiger charge is -2.24. The van der Waals surface area contributed by atoms with Crippen LogP contribution in [0.15, 0.2) is 6.07 Å². The van der Waals surface area contributed by atoms with Crippen LogP contribution in [0.4, 0.5) is 5.82 Å². The summed E-state index contributed by atoms with van der Waals surface area (Å²) in [5.41, 5.74) is 0.970. The third-order valence-electron chi connectivity index (χ3n) is 4.40. The first-order valence-corrected chi connectivity index (χ1v) is 8.07. The van der Waals surface area contributed by atoms with Gasteiger partial charge in [-0.3, -0.25) is 4.79 Å². The molecule has 1 unspecified atom stereocenters. The monoisotopic (exact) mass is 304 g/mol. The van der Waals surface area contributed by atoms with Gasteiger partial charge in [0.25, 0.3) is 0 Å². The predicted molar refractivity (Wildman–Crippen MR) is 83.8 cm³/mol. The van der Waals surface area contributed by atoms with E-state index in [0.717, 1.165) is 62.9 Å². The Bertz CT molecular complexity index is 523. The predicted octanol–water partition coefficient (Wildman–Crippen LogP) is 1.21. The third-order valence-corrected chi connectivity index (χ3v) is 4.40. The summed E-state index contributed by atoms with van der Waals surface area (Å²) in [6.45, 7) is 7.00. The van der Waals surface area contributed by atoms with Gasteiger partial charge in [0.1, 0.15) is 11.6 Å². The van der Waals surface area contributed by atoms with Crippen molar-refractivity contribution in [2.45, 2.75) is 39.2 Å². The Labute approximate surface area is 131 Å². The number of carbonyl (C=O) groups is 1. The number of aromatic nitrogens is 2. The number of anilines is 1. The largest absolute Gasteiger partial charge is 0.381 e. The van der Waals surface area contributed by atoms with Crippen molar-refractivity contribution in [3.05, 3.63) is 17.6 Å². The summed E-state index contributed by atoms with van der Waals surface area (Å²) < 4.78 is 5.33. The number of hydrogen-bond acceptors (Lipinski definition) is 5. The average Bonchev–Trinajstić information content (AvgIpc) is 2.97. The Balaban J connectivity index is 1.58. The maximum absolute atomic E-state index is 12.4. The van der Waals surface area contributed by atoms with Gasteiger partial charge in [-0.25, -0.2) is 9.97 Å². The maximum Gasteiger partial charge on any atom is 0.225 e. The Hall–Kier alpha value is -1.69. The molecule has 0 aliphatic carbocycles. The van der Waals surface area contributed by atoms with Crippen LogP contribution in [0.1, 0.15) is 30.8 Å². The minimum absolute atomic E-state index is 0.0541. The fraction of sp³-hybridized carbons (Fsp3) is 0.688. The van der Waals surface area contributed by atoms with Crippen molar-refractivity contribution in [2.24, 2.45) is 5.92 Å². The first-order valence-electron chi connectivity index (χ1n) is 8.07. The topological polar surface area (TPSA) is 67.4 Å². The van der Waals surface area contributed by atoms with E-state index in [4.69, 9.17) is 4.74 Å². The first kappa shape index (κ1) is 15.2. The molecule has 1 atom stereocenters. The van der Waals surface area contributed by atoms with Crippen LogP contribution in [-0.2, 0) is 9.53 Å². The number of nitrogens with zero attached hydrogens (tertiary/aromatic N) is 3. The summed E-state index contributed by atoms with van der Waals surface area (Å²) in [6, 6.07) is 2.27. The second-order valence-electron chi connectivity index (χ2n) is 6.24. The molecule has 0 aromatic carbocycles. The average molecular weight is 304 g/mol. The van der Waals surface area contributed by atoms with Crippen molar-refractivity contribution in [1.82, 2.24) is 15.3 Å². The van der Waals surface area contributed by atoms with Gasteiger partial charge < -0.3 is 15.0 Å². The Kier molecular flexibility index (Phi) is 4.57. The number of rotatable bonds is 3. The number of aryl methyl sites for hydroxylation is 2. The van der Waals surface area contributed by atoms with E-state index >= 15 is 0 Å². The molecule has 1 N–H and O–H groups in total. The second kappa shape index (κ2) is 6.60. The molecule has 1 aromatic rings. The number of ether oxygens (including phenoxy) is 1. The van der Waals surface area contributed by atoms with Crippen molar-refractivity contribution < 1.29 is 9.53 Å². The van der Waals surface area contributed by atoms with Crippen LogP contribution >= 0.6 is 0 Å². The summed E-state index contributed by atoms with van der Waals surface area (Å²) in [7, 11) is 0. The van der Waals surface area contributed by atoms with Gasteiger partial charge >= 0.3 is 0 Å². The third kappa shape index (κ3) is 3.55. The van der Waals surface area contributed by atoms with Gasteiger partial charge in [0.05, 0.1) is 5.92 Å². The highest BCUT2D eigenvalue weighted by molar-refractivity contribution is 5.80. The molecule has 22 heavy (non-hydrogen) atoms. The van der Waals surface area contributed by atoms with Crippen LogP contribution in [0.5, 0.6) is 0 Å². The number of nitrogens with one attached hydrogen (secondary N) is 1. The van der Waals surface area contributed by atoms with Crippen molar-refractivity contribution >= 4 is 11.7 Å². The fourth-order valence-corrected chi connectivity index (χ4v) is 3.20. The minimum atomic E-state index is 0.0541. The van der Waals surface area contributed by atoms with Crippen molar-refractivity contribution in [2.75, 3.05) is 31.2 Å². The lowest BCUT2D eigenvalue weighted by molar-refractivity contribution is -0.125. The van der Waals surface area contributed by atoms with E-state index in [9.17, 15) is 4.79 Å². The summed E-state index contributed by atoms with van der Waals surface area (Å²) in [6.07, 6.45) is 2.73. The molecule has 3 rings (SSSR count). The zero-order chi connectivity index (χ0) is 15.5. The summed E-state index contributed by atoms with van der Waals surface area (Å²) in [5, 5.41) is 3.18. The van der Waals surface area contributed by atoms with E-state index in [1.807, 2.05) is 19.9 Å². The van der Waals surface area contributed by atoms with Crippen molar-refractivity contribution in [1.29, 1.82) is 0 Å². The normalized spacial score (nSPS) is 22.8. The Morgan fingerprint density at radius 1 is 1.27 bits per heavy atom. The van der Waals surface area contributed by atoms with Crippen LogP contribution in [0, 0.1) is 19.8 Å². The van der Waals surface area contributed by atoms with Gasteiger partial charge in [-0.05, 0) is 33.1 Å². The maximum atomic E-state index is 12.4. The quantitative estimate of drug-likeness (QED) is 0.909. The second-order valence-corrected chi connectivity index (χ2v) is 6.24. The molecular formula is C16H24N4O2. The van der Waals surface area contributed by atoms with Gasteiger partial charge in [-0.1, -0.05) is 0 Å². The molecule has 0 bridgehead atoms. The molecule has 1 aromatic heterocycles. The molecule has 3 heterocycles. The fourth-order valence-electron chi connectivity index (χ4n) is 3.20. The number of amides is 1. The Morgan fingerprint density at radius 3 is 2.77 bits per heavy atom. The van der Waals surface area contributed by atoms with E-state index in [2.05, 4.69) is 20.2 Å².